The molecule has 2 aromatic rings. The van der Waals surface area contributed by atoms with Crippen LogP contribution in [0, 0.1) is 0 Å². The van der Waals surface area contributed by atoms with E-state index in [0.29, 0.717) is 0 Å². The summed E-state index contributed by atoms with van der Waals surface area (Å²) in [5.41, 5.74) is 2.15. The summed E-state index contributed by atoms with van der Waals surface area (Å²) in [5, 5.41) is 4.56. The molecule has 0 spiro atoms. The van der Waals surface area contributed by atoms with Gasteiger partial charge in [-0.2, -0.15) is 0 Å². The lowest BCUT2D eigenvalue weighted by atomic mass is 10.1. The van der Waals surface area contributed by atoms with Gasteiger partial charge < -0.3 is 14.5 Å². The lowest BCUT2D eigenvalue weighted by Crippen LogP contribution is -2.14. The van der Waals surface area contributed by atoms with Gasteiger partial charge in [0.05, 0.1) is 13.7 Å². The first-order chi connectivity index (χ1) is 8.81. The molecule has 2 rings (SSSR count). The summed E-state index contributed by atoms with van der Waals surface area (Å²) in [7, 11) is 1.68. The number of furan rings is 1. The summed E-state index contributed by atoms with van der Waals surface area (Å²) in [4.78, 5) is 0. The maximum Gasteiger partial charge on any atom is 0.176 e. The fourth-order valence-corrected chi connectivity index (χ4v) is 2.26. The van der Waals surface area contributed by atoms with Gasteiger partial charge in [0.2, 0.25) is 0 Å². The van der Waals surface area contributed by atoms with Crippen molar-refractivity contribution in [2.24, 2.45) is 0 Å². The van der Waals surface area contributed by atoms with Gasteiger partial charge in [-0.15, -0.1) is 0 Å². The Balaban J connectivity index is 2.40. The highest BCUT2D eigenvalue weighted by Crippen LogP contribution is 2.32. The maximum absolute atomic E-state index is 5.97. The molecule has 0 amide bonds. The van der Waals surface area contributed by atoms with Crippen LogP contribution in [0.2, 0.25) is 0 Å². The Bertz CT molecular complexity index is 516. The van der Waals surface area contributed by atoms with Crippen LogP contribution in [0.5, 0.6) is 5.75 Å². The molecule has 0 unspecified atom stereocenters. The molecule has 0 radical (unpaired) electrons. The second kappa shape index (κ2) is 5.91. The van der Waals surface area contributed by atoms with Crippen LogP contribution in [0.1, 0.15) is 31.6 Å². The topological polar surface area (TPSA) is 34.4 Å². The quantitative estimate of drug-likeness (QED) is 0.793. The van der Waals surface area contributed by atoms with Gasteiger partial charge in [-0.1, -0.05) is 26.0 Å². The van der Waals surface area contributed by atoms with Crippen LogP contribution in [-0.2, 0) is 13.0 Å². The third-order valence-electron chi connectivity index (χ3n) is 3.15. The van der Waals surface area contributed by atoms with Gasteiger partial charge in [-0.3, -0.25) is 0 Å². The van der Waals surface area contributed by atoms with Gasteiger partial charge in [0, 0.05) is 10.9 Å². The van der Waals surface area contributed by atoms with Crippen molar-refractivity contribution in [1.29, 1.82) is 0 Å². The number of ether oxygens (including phenoxy) is 1. The van der Waals surface area contributed by atoms with Gasteiger partial charge in [0.25, 0.3) is 0 Å². The molecule has 1 heterocycles. The molecule has 0 saturated carbocycles. The van der Waals surface area contributed by atoms with E-state index >= 15 is 0 Å². The number of rotatable bonds is 6. The molecule has 3 nitrogen and oxygen atoms in total. The number of hydrogen-bond acceptors (Lipinski definition) is 3. The number of methoxy groups -OCH3 is 1. The third-order valence-corrected chi connectivity index (χ3v) is 3.15. The van der Waals surface area contributed by atoms with Gasteiger partial charge in [0.15, 0.2) is 11.3 Å². The van der Waals surface area contributed by atoms with Crippen molar-refractivity contribution in [3.63, 3.8) is 0 Å². The van der Waals surface area contributed by atoms with Gasteiger partial charge in [0.1, 0.15) is 5.76 Å². The van der Waals surface area contributed by atoms with E-state index in [9.17, 15) is 0 Å². The molecule has 1 aromatic heterocycles. The third kappa shape index (κ3) is 2.36. The van der Waals surface area contributed by atoms with Gasteiger partial charge in [-0.25, -0.2) is 0 Å². The minimum Gasteiger partial charge on any atom is -0.493 e. The van der Waals surface area contributed by atoms with Gasteiger partial charge in [-0.05, 0) is 25.5 Å². The summed E-state index contributed by atoms with van der Waals surface area (Å²) in [6.07, 6.45) is 2.11. The van der Waals surface area contributed by atoms with Crippen molar-refractivity contribution in [2.75, 3.05) is 13.7 Å². The fourth-order valence-electron chi connectivity index (χ4n) is 2.26. The van der Waals surface area contributed by atoms with Gasteiger partial charge >= 0.3 is 0 Å². The minimum absolute atomic E-state index is 0.787. The predicted octanol–water partition coefficient (Wildman–Crippen LogP) is 3.50. The Morgan fingerprint density at radius 3 is 2.78 bits per heavy atom. The molecule has 0 atom stereocenters. The van der Waals surface area contributed by atoms with Crippen LogP contribution in [0.4, 0.5) is 0 Å². The average Bonchev–Trinajstić information content (AvgIpc) is 2.76. The van der Waals surface area contributed by atoms with E-state index in [-0.39, 0.29) is 0 Å². The summed E-state index contributed by atoms with van der Waals surface area (Å²) in [5.74, 6) is 1.84. The average molecular weight is 247 g/mol. The molecule has 3 heteroatoms. The molecule has 98 valence electrons. The number of para-hydroxylation sites is 1. The SMILES string of the molecule is CCCNCc1oc2c(OC)cccc2c1CC. The largest absolute Gasteiger partial charge is 0.493 e. The van der Waals surface area contributed by atoms with Crippen LogP contribution in [-0.4, -0.2) is 13.7 Å². The van der Waals surface area contributed by atoms with E-state index in [1.54, 1.807) is 7.11 Å². The van der Waals surface area contributed by atoms with E-state index < -0.39 is 0 Å². The first-order valence-electron chi connectivity index (χ1n) is 6.59. The lowest BCUT2D eigenvalue weighted by Gasteiger charge is -2.01. The molecule has 0 fully saturated rings. The van der Waals surface area contributed by atoms with Crippen LogP contribution >= 0.6 is 0 Å². The molecule has 0 aliphatic rings. The number of hydrogen-bond donors (Lipinski definition) is 1. The molecular weight excluding hydrogens is 226 g/mol. The van der Waals surface area contributed by atoms with Crippen molar-refractivity contribution < 1.29 is 9.15 Å². The predicted molar refractivity (Wildman–Crippen MR) is 74.1 cm³/mol. The van der Waals surface area contributed by atoms with Crippen LogP contribution in [0.3, 0.4) is 0 Å². The zero-order chi connectivity index (χ0) is 13.0. The second-order valence-electron chi connectivity index (χ2n) is 4.37. The Kier molecular flexibility index (Phi) is 4.26. The van der Waals surface area contributed by atoms with Crippen molar-refractivity contribution in [1.82, 2.24) is 5.32 Å². The molecular formula is C15H21NO2. The molecule has 1 N–H and O–H groups in total. The van der Waals surface area contributed by atoms with Crippen LogP contribution < -0.4 is 10.1 Å². The fraction of sp³-hybridized carbons (Fsp3) is 0.467. The normalized spacial score (nSPS) is 11.1. The monoisotopic (exact) mass is 247 g/mol. The standard InChI is InChI=1S/C15H21NO2/c1-4-9-16-10-14-11(5-2)12-7-6-8-13(17-3)15(12)18-14/h6-8,16H,4-5,9-10H2,1-3H3. The van der Waals surface area contributed by atoms with Crippen LogP contribution in [0.25, 0.3) is 11.0 Å². The zero-order valence-electron chi connectivity index (χ0n) is 11.4. The van der Waals surface area contributed by atoms with E-state index in [2.05, 4.69) is 25.2 Å². The maximum atomic E-state index is 5.97. The summed E-state index contributed by atoms with van der Waals surface area (Å²) < 4.78 is 11.3. The second-order valence-corrected chi connectivity index (χ2v) is 4.37. The lowest BCUT2D eigenvalue weighted by molar-refractivity contribution is 0.406. The zero-order valence-corrected chi connectivity index (χ0v) is 11.4. The molecule has 18 heavy (non-hydrogen) atoms. The van der Waals surface area contributed by atoms with Crippen molar-refractivity contribution in [3.8, 4) is 5.75 Å². The van der Waals surface area contributed by atoms with Crippen molar-refractivity contribution in [3.05, 3.63) is 29.5 Å². The minimum atomic E-state index is 0.787. The summed E-state index contributed by atoms with van der Waals surface area (Å²) in [6, 6.07) is 6.05. The Hall–Kier alpha value is -1.48. The van der Waals surface area contributed by atoms with E-state index in [4.69, 9.17) is 9.15 Å². The van der Waals surface area contributed by atoms with E-state index in [1.807, 2.05) is 12.1 Å². The highest BCUT2D eigenvalue weighted by atomic mass is 16.5. The van der Waals surface area contributed by atoms with E-state index in [0.717, 1.165) is 43.0 Å². The number of nitrogens with one attached hydrogen (secondary N) is 1. The Morgan fingerprint density at radius 2 is 2.11 bits per heavy atom. The molecule has 0 aliphatic carbocycles. The first-order valence-corrected chi connectivity index (χ1v) is 6.59. The molecule has 0 saturated heterocycles. The molecule has 0 bridgehead atoms. The number of aryl methyl sites for hydroxylation is 1. The number of benzene rings is 1. The van der Waals surface area contributed by atoms with E-state index in [1.165, 1.54) is 10.9 Å². The highest BCUT2D eigenvalue weighted by molar-refractivity contribution is 5.87. The smallest absolute Gasteiger partial charge is 0.176 e. The first kappa shape index (κ1) is 13.0. The van der Waals surface area contributed by atoms with Crippen molar-refractivity contribution >= 4 is 11.0 Å². The van der Waals surface area contributed by atoms with Crippen molar-refractivity contribution in [2.45, 2.75) is 33.2 Å². The number of fused-ring (bicyclic) bond motifs is 1. The summed E-state index contributed by atoms with van der Waals surface area (Å²) in [6.45, 7) is 6.12. The highest BCUT2D eigenvalue weighted by Gasteiger charge is 2.15. The molecule has 1 aromatic carbocycles. The van der Waals surface area contributed by atoms with Crippen LogP contribution in [0.15, 0.2) is 22.6 Å². The summed E-state index contributed by atoms with van der Waals surface area (Å²) >= 11 is 0. The Labute approximate surface area is 108 Å². The molecule has 0 aliphatic heterocycles. The Morgan fingerprint density at radius 1 is 1.28 bits per heavy atom.